The first-order chi connectivity index (χ1) is 7.72. The number of imidazole rings is 1. The summed E-state index contributed by atoms with van der Waals surface area (Å²) in [6.45, 7) is 2.07. The predicted molar refractivity (Wildman–Crippen MR) is 68.3 cm³/mol. The van der Waals surface area contributed by atoms with Crippen molar-refractivity contribution < 1.29 is 0 Å². The molecule has 3 aromatic heterocycles. The molecule has 0 spiro atoms. The third-order valence-electron chi connectivity index (χ3n) is 2.46. The van der Waals surface area contributed by atoms with Gasteiger partial charge in [0.05, 0.1) is 10.0 Å². The van der Waals surface area contributed by atoms with E-state index in [9.17, 15) is 0 Å². The smallest absolute Gasteiger partial charge is 0.137 e. The highest BCUT2D eigenvalue weighted by atomic mass is 35.5. The van der Waals surface area contributed by atoms with E-state index in [4.69, 9.17) is 11.6 Å². The Morgan fingerprint density at radius 2 is 2.19 bits per heavy atom. The molecule has 0 unspecified atom stereocenters. The molecule has 0 N–H and O–H groups in total. The molecule has 0 fully saturated rings. The summed E-state index contributed by atoms with van der Waals surface area (Å²) in [6, 6.07) is 6.03. The first-order valence-electron chi connectivity index (χ1n) is 4.92. The second kappa shape index (κ2) is 3.61. The van der Waals surface area contributed by atoms with E-state index in [1.807, 2.05) is 28.1 Å². The lowest BCUT2D eigenvalue weighted by Crippen LogP contribution is -1.82. The maximum absolute atomic E-state index is 5.92. The second-order valence-electron chi connectivity index (χ2n) is 3.74. The molecule has 0 aliphatic heterocycles. The Morgan fingerprint density at radius 3 is 2.94 bits per heavy atom. The maximum Gasteiger partial charge on any atom is 0.137 e. The van der Waals surface area contributed by atoms with Gasteiger partial charge in [0, 0.05) is 23.3 Å². The molecular formula is C12H9ClN2S. The van der Waals surface area contributed by atoms with Crippen molar-refractivity contribution in [1.29, 1.82) is 0 Å². The Kier molecular flexibility index (Phi) is 2.23. The van der Waals surface area contributed by atoms with E-state index in [2.05, 4.69) is 24.2 Å². The number of hydrogen-bond acceptors (Lipinski definition) is 2. The van der Waals surface area contributed by atoms with Crippen LogP contribution in [-0.2, 0) is 0 Å². The van der Waals surface area contributed by atoms with Gasteiger partial charge in [0.1, 0.15) is 5.65 Å². The van der Waals surface area contributed by atoms with Crippen LogP contribution in [0.5, 0.6) is 0 Å². The molecule has 0 aliphatic carbocycles. The zero-order valence-corrected chi connectivity index (χ0v) is 10.2. The number of aromatic nitrogens is 2. The lowest BCUT2D eigenvalue weighted by Gasteiger charge is -1.92. The van der Waals surface area contributed by atoms with E-state index in [-0.39, 0.29) is 0 Å². The summed E-state index contributed by atoms with van der Waals surface area (Å²) in [5.41, 5.74) is 4.23. The van der Waals surface area contributed by atoms with E-state index in [0.717, 1.165) is 21.2 Å². The van der Waals surface area contributed by atoms with Gasteiger partial charge in [-0.05, 0) is 24.6 Å². The molecule has 0 aliphatic rings. The fourth-order valence-electron chi connectivity index (χ4n) is 1.69. The van der Waals surface area contributed by atoms with Crippen LogP contribution in [0.15, 0.2) is 36.0 Å². The van der Waals surface area contributed by atoms with Crippen LogP contribution >= 0.6 is 22.9 Å². The second-order valence-corrected chi connectivity index (χ2v) is 5.28. The summed E-state index contributed by atoms with van der Waals surface area (Å²) >= 11 is 7.45. The zero-order valence-electron chi connectivity index (χ0n) is 8.64. The van der Waals surface area contributed by atoms with Gasteiger partial charge >= 0.3 is 0 Å². The zero-order chi connectivity index (χ0) is 11.1. The Balaban J connectivity index is 2.18. The van der Waals surface area contributed by atoms with Crippen LogP contribution in [0.4, 0.5) is 0 Å². The molecular weight excluding hydrogens is 240 g/mol. The normalized spacial score (nSPS) is 11.1. The minimum absolute atomic E-state index is 0.795. The summed E-state index contributed by atoms with van der Waals surface area (Å²) in [5.74, 6) is 0. The molecule has 16 heavy (non-hydrogen) atoms. The Bertz CT molecular complexity index is 654. The molecule has 3 rings (SSSR count). The minimum Gasteiger partial charge on any atom is -0.306 e. The van der Waals surface area contributed by atoms with Gasteiger partial charge in [-0.15, -0.1) is 11.3 Å². The summed E-state index contributed by atoms with van der Waals surface area (Å²) in [4.78, 5) is 4.55. The Morgan fingerprint density at radius 1 is 1.31 bits per heavy atom. The summed E-state index contributed by atoms with van der Waals surface area (Å²) in [6.07, 6.45) is 4.10. The molecule has 3 aromatic rings. The topological polar surface area (TPSA) is 17.3 Å². The third kappa shape index (κ3) is 1.62. The lowest BCUT2D eigenvalue weighted by molar-refractivity contribution is 1.16. The molecule has 2 nitrogen and oxygen atoms in total. The van der Waals surface area contributed by atoms with Gasteiger partial charge in [0.25, 0.3) is 0 Å². The third-order valence-corrected chi connectivity index (χ3v) is 3.55. The van der Waals surface area contributed by atoms with Crippen molar-refractivity contribution in [2.75, 3.05) is 0 Å². The number of fused-ring (bicyclic) bond motifs is 1. The first-order valence-corrected chi connectivity index (χ1v) is 6.18. The largest absolute Gasteiger partial charge is 0.306 e. The van der Waals surface area contributed by atoms with Gasteiger partial charge in [0.2, 0.25) is 0 Å². The fraction of sp³-hybridized carbons (Fsp3) is 0.0833. The van der Waals surface area contributed by atoms with Crippen LogP contribution in [0.3, 0.4) is 0 Å². The molecule has 80 valence electrons. The predicted octanol–water partition coefficient (Wildman–Crippen LogP) is 4.02. The van der Waals surface area contributed by atoms with E-state index < -0.39 is 0 Å². The van der Waals surface area contributed by atoms with Crippen LogP contribution < -0.4 is 0 Å². The number of rotatable bonds is 1. The summed E-state index contributed by atoms with van der Waals surface area (Å²) in [5, 5.41) is 2.02. The van der Waals surface area contributed by atoms with Crippen molar-refractivity contribution in [3.63, 3.8) is 0 Å². The number of aryl methyl sites for hydroxylation is 1. The average molecular weight is 249 g/mol. The number of pyridine rings is 1. The van der Waals surface area contributed by atoms with Crippen LogP contribution in [0, 0.1) is 6.92 Å². The lowest BCUT2D eigenvalue weighted by atomic mass is 10.3. The van der Waals surface area contributed by atoms with E-state index >= 15 is 0 Å². The van der Waals surface area contributed by atoms with E-state index in [0.29, 0.717) is 0 Å². The fourth-order valence-corrected chi connectivity index (χ4v) is 2.56. The standard InChI is InChI=1S/C12H9ClN2S/c1-8-2-3-12-14-10(6-15(12)5-8)9-4-11(13)16-7-9/h2-7H,1H3. The molecule has 0 saturated carbocycles. The summed E-state index contributed by atoms with van der Waals surface area (Å²) in [7, 11) is 0. The highest BCUT2D eigenvalue weighted by Gasteiger charge is 2.06. The monoisotopic (exact) mass is 248 g/mol. The Labute approximate surface area is 102 Å². The number of hydrogen-bond donors (Lipinski definition) is 0. The van der Waals surface area contributed by atoms with Crippen molar-refractivity contribution in [2.24, 2.45) is 0 Å². The average Bonchev–Trinajstić information content (AvgIpc) is 2.83. The van der Waals surface area contributed by atoms with Crippen LogP contribution in [0.2, 0.25) is 4.34 Å². The van der Waals surface area contributed by atoms with Crippen molar-refractivity contribution in [2.45, 2.75) is 6.92 Å². The van der Waals surface area contributed by atoms with Crippen molar-refractivity contribution in [3.05, 3.63) is 45.9 Å². The highest BCUT2D eigenvalue weighted by molar-refractivity contribution is 7.14. The molecule has 0 bridgehead atoms. The van der Waals surface area contributed by atoms with Crippen LogP contribution in [0.25, 0.3) is 16.9 Å². The van der Waals surface area contributed by atoms with Crippen molar-refractivity contribution in [3.8, 4) is 11.3 Å². The van der Waals surface area contributed by atoms with Gasteiger partial charge < -0.3 is 4.40 Å². The quantitative estimate of drug-likeness (QED) is 0.636. The van der Waals surface area contributed by atoms with Gasteiger partial charge in [-0.2, -0.15) is 0 Å². The minimum atomic E-state index is 0.795. The molecule has 0 aromatic carbocycles. The van der Waals surface area contributed by atoms with E-state index in [1.54, 1.807) is 0 Å². The van der Waals surface area contributed by atoms with Gasteiger partial charge in [-0.1, -0.05) is 17.7 Å². The van der Waals surface area contributed by atoms with E-state index in [1.165, 1.54) is 16.9 Å². The molecule has 0 amide bonds. The van der Waals surface area contributed by atoms with Gasteiger partial charge in [-0.3, -0.25) is 0 Å². The van der Waals surface area contributed by atoms with Crippen molar-refractivity contribution >= 4 is 28.6 Å². The number of halogens is 1. The first kappa shape index (κ1) is 9.87. The molecule has 0 saturated heterocycles. The Hall–Kier alpha value is -1.32. The van der Waals surface area contributed by atoms with Crippen molar-refractivity contribution in [1.82, 2.24) is 9.38 Å². The molecule has 0 atom stereocenters. The maximum atomic E-state index is 5.92. The number of thiophene rings is 1. The van der Waals surface area contributed by atoms with Crippen LogP contribution in [-0.4, -0.2) is 9.38 Å². The molecule has 4 heteroatoms. The molecule has 0 radical (unpaired) electrons. The molecule has 3 heterocycles. The highest BCUT2D eigenvalue weighted by Crippen LogP contribution is 2.28. The van der Waals surface area contributed by atoms with Gasteiger partial charge in [0.15, 0.2) is 0 Å². The van der Waals surface area contributed by atoms with Gasteiger partial charge in [-0.25, -0.2) is 4.98 Å². The number of nitrogens with zero attached hydrogens (tertiary/aromatic N) is 2. The summed E-state index contributed by atoms with van der Waals surface area (Å²) < 4.78 is 2.83. The SMILES string of the molecule is Cc1ccc2nc(-c3csc(Cl)c3)cn2c1. The van der Waals surface area contributed by atoms with Crippen LogP contribution in [0.1, 0.15) is 5.56 Å².